The van der Waals surface area contributed by atoms with Gasteiger partial charge in [0.2, 0.25) is 0 Å². The smallest absolute Gasteiger partial charge is 0.309 e. The van der Waals surface area contributed by atoms with Crippen LogP contribution in [-0.4, -0.2) is 53.0 Å². The van der Waals surface area contributed by atoms with E-state index in [9.17, 15) is 9.18 Å². The summed E-state index contributed by atoms with van der Waals surface area (Å²) in [4.78, 5) is 14.8. The fourth-order valence-electron chi connectivity index (χ4n) is 4.96. The summed E-state index contributed by atoms with van der Waals surface area (Å²) in [7, 11) is 3.43. The Morgan fingerprint density at radius 1 is 1.14 bits per heavy atom. The highest BCUT2D eigenvalue weighted by Crippen LogP contribution is 2.46. The molecule has 1 aromatic heterocycles. The molecule has 2 aliphatic rings. The number of anilines is 1. The van der Waals surface area contributed by atoms with Crippen molar-refractivity contribution in [1.29, 1.82) is 0 Å². The minimum Gasteiger partial charge on any atom is -0.491 e. The van der Waals surface area contributed by atoms with Gasteiger partial charge in [-0.25, -0.2) is 9.07 Å². The van der Waals surface area contributed by atoms with Crippen molar-refractivity contribution in [1.82, 2.24) is 20.2 Å². The van der Waals surface area contributed by atoms with Gasteiger partial charge in [-0.3, -0.25) is 4.79 Å². The predicted molar refractivity (Wildman–Crippen MR) is 131 cm³/mol. The Morgan fingerprint density at radius 2 is 1.91 bits per heavy atom. The van der Waals surface area contributed by atoms with Gasteiger partial charge < -0.3 is 14.4 Å². The molecule has 2 fully saturated rings. The average Bonchev–Trinajstić information content (AvgIpc) is 3.33. The molecule has 10 heteroatoms. The maximum atomic E-state index is 13.7. The molecule has 5 rings (SSSR count). The molecule has 3 aromatic rings. The summed E-state index contributed by atoms with van der Waals surface area (Å²) in [6.45, 7) is 0.682. The second-order valence-corrected chi connectivity index (χ2v) is 9.12. The van der Waals surface area contributed by atoms with Crippen molar-refractivity contribution in [3.05, 3.63) is 60.2 Å². The number of rotatable bonds is 8. The van der Waals surface area contributed by atoms with Crippen molar-refractivity contribution in [2.75, 3.05) is 25.7 Å². The van der Waals surface area contributed by atoms with Crippen molar-refractivity contribution in [2.24, 2.45) is 11.8 Å². The van der Waals surface area contributed by atoms with E-state index in [1.54, 1.807) is 23.1 Å². The minimum absolute atomic E-state index is 0. The van der Waals surface area contributed by atoms with E-state index in [1.165, 1.54) is 32.1 Å². The van der Waals surface area contributed by atoms with Crippen LogP contribution in [-0.2, 0) is 9.53 Å². The molecule has 1 heterocycles. The van der Waals surface area contributed by atoms with Crippen LogP contribution >= 0.6 is 12.4 Å². The molecular formula is C25H29ClFN5O3. The molecule has 0 unspecified atom stereocenters. The summed E-state index contributed by atoms with van der Waals surface area (Å²) in [5.74, 6) is 0.404. The van der Waals surface area contributed by atoms with E-state index in [2.05, 4.69) is 20.4 Å². The molecule has 186 valence electrons. The molecule has 2 saturated carbocycles. The topological polar surface area (TPSA) is 82.4 Å². The number of hydrogen-bond donors (Lipinski definition) is 0. The van der Waals surface area contributed by atoms with Gasteiger partial charge in [-0.15, -0.1) is 17.5 Å². The number of carbonyl (C=O) groups is 1. The molecule has 0 aliphatic heterocycles. The SMILES string of the molecule is COC(=O)[C@H]1CC[C@H](N(C)c2cc(-n3cnnn3)ccc2OCC2CC2)[C@@H]1c1ccc(F)cc1.Cl. The van der Waals surface area contributed by atoms with E-state index in [1.807, 2.05) is 25.2 Å². The molecule has 3 atom stereocenters. The molecule has 35 heavy (non-hydrogen) atoms. The van der Waals surface area contributed by atoms with Crippen LogP contribution in [0.25, 0.3) is 5.69 Å². The van der Waals surface area contributed by atoms with Crippen LogP contribution < -0.4 is 9.64 Å². The summed E-state index contributed by atoms with van der Waals surface area (Å²) in [6, 6.07) is 12.3. The predicted octanol–water partition coefficient (Wildman–Crippen LogP) is 4.18. The van der Waals surface area contributed by atoms with Crippen molar-refractivity contribution in [2.45, 2.75) is 37.6 Å². The van der Waals surface area contributed by atoms with Crippen LogP contribution in [0.3, 0.4) is 0 Å². The highest BCUT2D eigenvalue weighted by molar-refractivity contribution is 5.85. The maximum Gasteiger partial charge on any atom is 0.309 e. The third-order valence-electron chi connectivity index (χ3n) is 6.99. The molecule has 0 bridgehead atoms. The zero-order valence-corrected chi connectivity index (χ0v) is 20.5. The molecule has 0 amide bonds. The summed E-state index contributed by atoms with van der Waals surface area (Å²) >= 11 is 0. The van der Waals surface area contributed by atoms with Gasteiger partial charge in [-0.2, -0.15) is 0 Å². The Bertz CT molecular complexity index is 1140. The maximum absolute atomic E-state index is 13.7. The van der Waals surface area contributed by atoms with Gasteiger partial charge in [0.05, 0.1) is 31.0 Å². The number of tetrazole rings is 1. The third kappa shape index (κ3) is 5.24. The largest absolute Gasteiger partial charge is 0.491 e. The van der Waals surface area contributed by atoms with Gasteiger partial charge in [0.1, 0.15) is 17.9 Å². The summed E-state index contributed by atoms with van der Waals surface area (Å²) in [6.07, 6.45) is 5.42. The van der Waals surface area contributed by atoms with Gasteiger partial charge >= 0.3 is 5.97 Å². The Hall–Kier alpha value is -3.20. The van der Waals surface area contributed by atoms with Crippen LogP contribution in [0.1, 0.15) is 37.2 Å². The fraction of sp³-hybridized carbons (Fsp3) is 0.440. The van der Waals surface area contributed by atoms with E-state index in [-0.39, 0.29) is 42.1 Å². The second-order valence-electron chi connectivity index (χ2n) is 9.12. The number of esters is 1. The number of aromatic nitrogens is 4. The van der Waals surface area contributed by atoms with Crippen molar-refractivity contribution < 1.29 is 18.7 Å². The Labute approximate surface area is 209 Å². The standard InChI is InChI=1S/C25H28FN5O3.ClH/c1-30(21-11-10-20(25(32)33-2)24(21)17-5-7-18(26)8-6-17)22-13-19(31-15-27-28-29-31)9-12-23(22)34-14-16-3-4-16;/h5-9,12-13,15-16,20-21,24H,3-4,10-11,14H2,1-2H3;1H/t20-,21-,24+;/m0./s1. The molecule has 0 N–H and O–H groups in total. The lowest BCUT2D eigenvalue weighted by atomic mass is 9.86. The lowest BCUT2D eigenvalue weighted by Gasteiger charge is -2.34. The zero-order chi connectivity index (χ0) is 23.7. The lowest BCUT2D eigenvalue weighted by molar-refractivity contribution is -0.145. The first kappa shape index (κ1) is 24.9. The van der Waals surface area contributed by atoms with Crippen LogP contribution in [0.2, 0.25) is 0 Å². The average molecular weight is 502 g/mol. The normalized spacial score (nSPS) is 21.3. The van der Waals surface area contributed by atoms with Crippen LogP contribution in [0, 0.1) is 17.7 Å². The van der Waals surface area contributed by atoms with Crippen LogP contribution in [0.15, 0.2) is 48.8 Å². The first-order valence-electron chi connectivity index (χ1n) is 11.6. The number of likely N-dealkylation sites (N-methyl/N-ethyl adjacent to an activating group) is 1. The van der Waals surface area contributed by atoms with Crippen molar-refractivity contribution in [3.63, 3.8) is 0 Å². The number of halogens is 2. The van der Waals surface area contributed by atoms with Crippen LogP contribution in [0.5, 0.6) is 5.75 Å². The number of carbonyl (C=O) groups excluding carboxylic acids is 1. The summed E-state index contributed by atoms with van der Waals surface area (Å²) < 4.78 is 26.6. The molecule has 2 aromatic carbocycles. The van der Waals surface area contributed by atoms with E-state index in [0.717, 1.165) is 29.1 Å². The van der Waals surface area contributed by atoms with Crippen molar-refractivity contribution >= 4 is 24.1 Å². The van der Waals surface area contributed by atoms with E-state index < -0.39 is 0 Å². The van der Waals surface area contributed by atoms with E-state index in [0.29, 0.717) is 18.9 Å². The number of benzene rings is 2. The Morgan fingerprint density at radius 3 is 2.57 bits per heavy atom. The van der Waals surface area contributed by atoms with Gasteiger partial charge in [-0.05, 0) is 77.9 Å². The molecule has 0 saturated heterocycles. The Kier molecular flexibility index (Phi) is 7.54. The highest BCUT2D eigenvalue weighted by atomic mass is 35.5. The van der Waals surface area contributed by atoms with Crippen LogP contribution in [0.4, 0.5) is 10.1 Å². The highest BCUT2D eigenvalue weighted by Gasteiger charge is 2.44. The quantitative estimate of drug-likeness (QED) is 0.428. The van der Waals surface area contributed by atoms with Gasteiger partial charge in [0.25, 0.3) is 0 Å². The lowest BCUT2D eigenvalue weighted by Crippen LogP contribution is -2.37. The zero-order valence-electron chi connectivity index (χ0n) is 19.7. The number of methoxy groups -OCH3 is 1. The molecular weight excluding hydrogens is 473 g/mol. The van der Waals surface area contributed by atoms with E-state index >= 15 is 0 Å². The van der Waals surface area contributed by atoms with Crippen molar-refractivity contribution in [3.8, 4) is 11.4 Å². The summed E-state index contributed by atoms with van der Waals surface area (Å²) in [5, 5.41) is 11.5. The third-order valence-corrected chi connectivity index (χ3v) is 6.99. The van der Waals surface area contributed by atoms with E-state index in [4.69, 9.17) is 9.47 Å². The first-order chi connectivity index (χ1) is 16.5. The Balaban J connectivity index is 0.00000289. The monoisotopic (exact) mass is 501 g/mol. The molecule has 8 nitrogen and oxygen atoms in total. The molecule has 2 aliphatic carbocycles. The van der Waals surface area contributed by atoms with Gasteiger partial charge in [0, 0.05) is 19.0 Å². The fourth-order valence-corrected chi connectivity index (χ4v) is 4.96. The van der Waals surface area contributed by atoms with Gasteiger partial charge in [-0.1, -0.05) is 12.1 Å². The second kappa shape index (κ2) is 10.6. The number of ether oxygens (including phenoxy) is 2. The molecule has 0 radical (unpaired) electrons. The number of nitrogens with zero attached hydrogens (tertiary/aromatic N) is 5. The number of hydrogen-bond acceptors (Lipinski definition) is 7. The van der Waals surface area contributed by atoms with Gasteiger partial charge in [0.15, 0.2) is 0 Å². The first-order valence-corrected chi connectivity index (χ1v) is 11.6. The minimum atomic E-state index is -0.304. The molecule has 0 spiro atoms. The summed E-state index contributed by atoms with van der Waals surface area (Å²) in [5.41, 5.74) is 2.63.